The van der Waals surface area contributed by atoms with Crippen molar-refractivity contribution in [3.63, 3.8) is 0 Å². The fourth-order valence-electron chi connectivity index (χ4n) is 2.14. The van der Waals surface area contributed by atoms with Gasteiger partial charge in [0.25, 0.3) is 0 Å². The normalized spacial score (nSPS) is 10.8. The fourth-order valence-corrected chi connectivity index (χ4v) is 2.14. The van der Waals surface area contributed by atoms with Crippen LogP contribution in [0, 0.1) is 20.8 Å². The van der Waals surface area contributed by atoms with E-state index in [2.05, 4.69) is 40.7 Å². The van der Waals surface area contributed by atoms with Gasteiger partial charge in [0, 0.05) is 11.4 Å². The third kappa shape index (κ3) is 2.24. The van der Waals surface area contributed by atoms with E-state index in [0.717, 1.165) is 17.9 Å². The van der Waals surface area contributed by atoms with Gasteiger partial charge in [0.1, 0.15) is 5.82 Å². The highest BCUT2D eigenvalue weighted by Crippen LogP contribution is 2.17. The SMILES string of the molecule is Cc1nc(C)n(-c2ccc(CCN)cc2)c1C. The molecule has 0 atom stereocenters. The predicted octanol–water partition coefficient (Wildman–Crippen LogP) is 2.30. The molecule has 0 amide bonds. The van der Waals surface area contributed by atoms with Gasteiger partial charge in [-0.25, -0.2) is 4.98 Å². The van der Waals surface area contributed by atoms with Crippen LogP contribution >= 0.6 is 0 Å². The molecule has 2 rings (SSSR count). The molecule has 1 aromatic carbocycles. The Kier molecular flexibility index (Phi) is 3.29. The van der Waals surface area contributed by atoms with Gasteiger partial charge in [-0.3, -0.25) is 0 Å². The average molecular weight is 229 g/mol. The Morgan fingerprint density at radius 2 is 1.76 bits per heavy atom. The summed E-state index contributed by atoms with van der Waals surface area (Å²) in [6, 6.07) is 8.53. The quantitative estimate of drug-likeness (QED) is 0.877. The number of nitrogens with zero attached hydrogens (tertiary/aromatic N) is 2. The molecule has 0 saturated carbocycles. The van der Waals surface area contributed by atoms with E-state index in [1.54, 1.807) is 0 Å². The predicted molar refractivity (Wildman–Crippen MR) is 70.5 cm³/mol. The first kappa shape index (κ1) is 11.9. The molecule has 0 spiro atoms. The lowest BCUT2D eigenvalue weighted by Crippen LogP contribution is -2.03. The van der Waals surface area contributed by atoms with E-state index >= 15 is 0 Å². The number of rotatable bonds is 3. The second-order valence-electron chi connectivity index (χ2n) is 4.37. The number of imidazole rings is 1. The average Bonchev–Trinajstić information content (AvgIpc) is 2.55. The zero-order chi connectivity index (χ0) is 12.4. The molecular formula is C14H19N3. The molecule has 0 bridgehead atoms. The van der Waals surface area contributed by atoms with Crippen LogP contribution in [0.15, 0.2) is 24.3 Å². The Morgan fingerprint density at radius 1 is 1.12 bits per heavy atom. The van der Waals surface area contributed by atoms with E-state index in [-0.39, 0.29) is 0 Å². The van der Waals surface area contributed by atoms with E-state index in [9.17, 15) is 0 Å². The number of aryl methyl sites for hydroxylation is 2. The number of hydrogen-bond acceptors (Lipinski definition) is 2. The van der Waals surface area contributed by atoms with Gasteiger partial charge in [-0.05, 0) is 51.4 Å². The van der Waals surface area contributed by atoms with Crippen LogP contribution in [0.2, 0.25) is 0 Å². The molecule has 2 N–H and O–H groups in total. The van der Waals surface area contributed by atoms with Gasteiger partial charge >= 0.3 is 0 Å². The van der Waals surface area contributed by atoms with Crippen molar-refractivity contribution >= 4 is 0 Å². The van der Waals surface area contributed by atoms with Crippen LogP contribution in [0.3, 0.4) is 0 Å². The van der Waals surface area contributed by atoms with Crippen LogP contribution < -0.4 is 5.73 Å². The molecule has 3 nitrogen and oxygen atoms in total. The maximum atomic E-state index is 5.55. The second kappa shape index (κ2) is 4.72. The van der Waals surface area contributed by atoms with Crippen molar-refractivity contribution < 1.29 is 0 Å². The Balaban J connectivity index is 2.39. The lowest BCUT2D eigenvalue weighted by atomic mass is 10.1. The Bertz CT molecular complexity index is 509. The van der Waals surface area contributed by atoms with Crippen molar-refractivity contribution in [2.75, 3.05) is 6.54 Å². The molecule has 3 heteroatoms. The molecule has 0 aliphatic carbocycles. The van der Waals surface area contributed by atoms with Gasteiger partial charge in [-0.15, -0.1) is 0 Å². The molecule has 1 heterocycles. The van der Waals surface area contributed by atoms with E-state index in [0.29, 0.717) is 6.54 Å². The summed E-state index contributed by atoms with van der Waals surface area (Å²) < 4.78 is 2.18. The molecule has 0 fully saturated rings. The van der Waals surface area contributed by atoms with Crippen LogP contribution in [0.1, 0.15) is 22.8 Å². The minimum atomic E-state index is 0.696. The van der Waals surface area contributed by atoms with Crippen molar-refractivity contribution in [3.05, 3.63) is 47.0 Å². The highest BCUT2D eigenvalue weighted by atomic mass is 15.1. The molecule has 0 aliphatic rings. The fraction of sp³-hybridized carbons (Fsp3) is 0.357. The van der Waals surface area contributed by atoms with Crippen LogP contribution in [0.5, 0.6) is 0 Å². The molecule has 0 unspecified atom stereocenters. The standard InChI is InChI=1S/C14H19N3/c1-10-11(2)17(12(3)16-10)14-6-4-13(5-7-14)8-9-15/h4-7H,8-9,15H2,1-3H3. The largest absolute Gasteiger partial charge is 0.330 e. The van der Waals surface area contributed by atoms with Crippen LogP contribution in [0.25, 0.3) is 5.69 Å². The van der Waals surface area contributed by atoms with Gasteiger partial charge in [-0.1, -0.05) is 12.1 Å². The Hall–Kier alpha value is -1.61. The first-order valence-electron chi connectivity index (χ1n) is 5.95. The molecule has 17 heavy (non-hydrogen) atoms. The minimum absolute atomic E-state index is 0.696. The van der Waals surface area contributed by atoms with Crippen molar-refractivity contribution in [3.8, 4) is 5.69 Å². The second-order valence-corrected chi connectivity index (χ2v) is 4.37. The third-order valence-corrected chi connectivity index (χ3v) is 3.14. The van der Waals surface area contributed by atoms with E-state index in [1.807, 2.05) is 13.8 Å². The summed E-state index contributed by atoms with van der Waals surface area (Å²) in [7, 11) is 0. The zero-order valence-corrected chi connectivity index (χ0v) is 10.7. The van der Waals surface area contributed by atoms with Gasteiger partial charge in [0.15, 0.2) is 0 Å². The third-order valence-electron chi connectivity index (χ3n) is 3.14. The first-order valence-corrected chi connectivity index (χ1v) is 5.95. The topological polar surface area (TPSA) is 43.8 Å². The summed E-state index contributed by atoms with van der Waals surface area (Å²) >= 11 is 0. The highest BCUT2D eigenvalue weighted by Gasteiger charge is 2.08. The van der Waals surface area contributed by atoms with Gasteiger partial charge in [0.05, 0.1) is 5.69 Å². The minimum Gasteiger partial charge on any atom is -0.330 e. The van der Waals surface area contributed by atoms with E-state index in [1.165, 1.54) is 16.9 Å². The number of hydrogen-bond donors (Lipinski definition) is 1. The molecule has 0 aliphatic heterocycles. The van der Waals surface area contributed by atoms with Crippen molar-refractivity contribution in [2.45, 2.75) is 27.2 Å². The van der Waals surface area contributed by atoms with Crippen molar-refractivity contribution in [2.24, 2.45) is 5.73 Å². The maximum absolute atomic E-state index is 5.55. The summed E-state index contributed by atoms with van der Waals surface area (Å²) in [4.78, 5) is 4.49. The highest BCUT2D eigenvalue weighted by molar-refractivity contribution is 5.39. The number of benzene rings is 1. The van der Waals surface area contributed by atoms with E-state index in [4.69, 9.17) is 5.73 Å². The number of aromatic nitrogens is 2. The molecule has 1 aromatic heterocycles. The molecule has 0 saturated heterocycles. The summed E-state index contributed by atoms with van der Waals surface area (Å²) in [5.74, 6) is 1.03. The Morgan fingerprint density at radius 3 is 2.24 bits per heavy atom. The lowest BCUT2D eigenvalue weighted by molar-refractivity contribution is 0.931. The summed E-state index contributed by atoms with van der Waals surface area (Å²) in [6.07, 6.45) is 0.932. The van der Waals surface area contributed by atoms with Crippen LogP contribution in [-0.4, -0.2) is 16.1 Å². The Labute approximate surface area is 102 Å². The summed E-state index contributed by atoms with van der Waals surface area (Å²) in [6.45, 7) is 6.88. The van der Waals surface area contributed by atoms with Crippen molar-refractivity contribution in [1.29, 1.82) is 0 Å². The zero-order valence-electron chi connectivity index (χ0n) is 10.7. The maximum Gasteiger partial charge on any atom is 0.110 e. The smallest absolute Gasteiger partial charge is 0.110 e. The molecule has 0 radical (unpaired) electrons. The molecule has 90 valence electrons. The van der Waals surface area contributed by atoms with Crippen LogP contribution in [0.4, 0.5) is 0 Å². The molecular weight excluding hydrogens is 210 g/mol. The lowest BCUT2D eigenvalue weighted by Gasteiger charge is -2.09. The van der Waals surface area contributed by atoms with Gasteiger partial charge in [0.2, 0.25) is 0 Å². The monoisotopic (exact) mass is 229 g/mol. The van der Waals surface area contributed by atoms with Gasteiger partial charge in [-0.2, -0.15) is 0 Å². The van der Waals surface area contributed by atoms with Crippen LogP contribution in [-0.2, 0) is 6.42 Å². The first-order chi connectivity index (χ1) is 8.13. The van der Waals surface area contributed by atoms with Gasteiger partial charge < -0.3 is 10.3 Å². The summed E-state index contributed by atoms with van der Waals surface area (Å²) in [5, 5.41) is 0. The molecule has 2 aromatic rings. The summed E-state index contributed by atoms with van der Waals surface area (Å²) in [5.41, 5.74) is 10.3. The van der Waals surface area contributed by atoms with E-state index < -0.39 is 0 Å². The number of nitrogens with two attached hydrogens (primary N) is 1. The van der Waals surface area contributed by atoms with Crippen molar-refractivity contribution in [1.82, 2.24) is 9.55 Å².